The zero-order chi connectivity index (χ0) is 22.2. The van der Waals surface area contributed by atoms with E-state index in [0.29, 0.717) is 17.2 Å². The molecule has 1 N–H and O–H groups in total. The van der Waals surface area contributed by atoms with Crippen molar-refractivity contribution < 1.29 is 9.53 Å². The van der Waals surface area contributed by atoms with Crippen LogP contribution in [-0.4, -0.2) is 43.6 Å². The number of likely N-dealkylation sites (tertiary alicyclic amines) is 1. The summed E-state index contributed by atoms with van der Waals surface area (Å²) in [5.41, 5.74) is 3.35. The van der Waals surface area contributed by atoms with Gasteiger partial charge in [-0.15, -0.1) is 0 Å². The Kier molecular flexibility index (Phi) is 7.57. The molecule has 1 saturated heterocycles. The summed E-state index contributed by atoms with van der Waals surface area (Å²) in [6, 6.07) is 29.2. The van der Waals surface area contributed by atoms with Crippen LogP contribution in [0.25, 0.3) is 0 Å². The van der Waals surface area contributed by atoms with Crippen LogP contribution in [0.2, 0.25) is 0 Å². The molecule has 0 atom stereocenters. The SMILES string of the molecule is COc1ccccc1C(=O)NC1CCN(CCC(c2ccccc2)c2ccccc2)CC1. The summed E-state index contributed by atoms with van der Waals surface area (Å²) in [5.74, 6) is 0.977. The first-order valence-corrected chi connectivity index (χ1v) is 11.5. The van der Waals surface area contributed by atoms with Gasteiger partial charge in [0.15, 0.2) is 0 Å². The monoisotopic (exact) mass is 428 g/mol. The standard InChI is InChI=1S/C28H32N2O2/c1-32-27-15-9-8-14-26(27)28(31)29-24-16-19-30(20-17-24)21-18-25(22-10-4-2-5-11-22)23-12-6-3-7-13-23/h2-15,24-25H,16-21H2,1H3,(H,29,31). The Balaban J connectivity index is 1.31. The van der Waals surface area contributed by atoms with E-state index in [1.165, 1.54) is 11.1 Å². The fourth-order valence-corrected chi connectivity index (χ4v) is 4.60. The number of nitrogens with one attached hydrogen (secondary N) is 1. The summed E-state index contributed by atoms with van der Waals surface area (Å²) in [7, 11) is 1.60. The number of hydrogen-bond acceptors (Lipinski definition) is 3. The quantitative estimate of drug-likeness (QED) is 0.542. The second-order valence-electron chi connectivity index (χ2n) is 8.45. The number of carbonyl (C=O) groups excluding carboxylic acids is 1. The second kappa shape index (κ2) is 11.0. The van der Waals surface area contributed by atoms with E-state index in [-0.39, 0.29) is 11.9 Å². The Morgan fingerprint density at radius 3 is 2.06 bits per heavy atom. The number of benzene rings is 3. The molecule has 3 aromatic carbocycles. The Morgan fingerprint density at radius 2 is 1.47 bits per heavy atom. The molecule has 166 valence electrons. The van der Waals surface area contributed by atoms with Gasteiger partial charge in [0.25, 0.3) is 5.91 Å². The lowest BCUT2D eigenvalue weighted by Gasteiger charge is -2.33. The van der Waals surface area contributed by atoms with Crippen LogP contribution in [0.5, 0.6) is 5.75 Å². The fraction of sp³-hybridized carbons (Fsp3) is 0.321. The normalized spacial score (nSPS) is 14.9. The Morgan fingerprint density at radius 1 is 0.906 bits per heavy atom. The molecule has 0 unspecified atom stereocenters. The largest absolute Gasteiger partial charge is 0.496 e. The van der Waals surface area contributed by atoms with Gasteiger partial charge in [-0.25, -0.2) is 0 Å². The van der Waals surface area contributed by atoms with Crippen molar-refractivity contribution in [2.45, 2.75) is 31.2 Å². The van der Waals surface area contributed by atoms with E-state index in [4.69, 9.17) is 4.74 Å². The molecule has 0 radical (unpaired) electrons. The number of ether oxygens (including phenoxy) is 1. The van der Waals surface area contributed by atoms with E-state index >= 15 is 0 Å². The highest BCUT2D eigenvalue weighted by atomic mass is 16.5. The number of hydrogen-bond donors (Lipinski definition) is 1. The van der Waals surface area contributed by atoms with Gasteiger partial charge in [0.1, 0.15) is 5.75 Å². The van der Waals surface area contributed by atoms with Gasteiger partial charge in [-0.1, -0.05) is 72.8 Å². The number of rotatable bonds is 8. The number of para-hydroxylation sites is 1. The summed E-state index contributed by atoms with van der Waals surface area (Å²) < 4.78 is 5.33. The average molecular weight is 429 g/mol. The van der Waals surface area contributed by atoms with Crippen LogP contribution in [0, 0.1) is 0 Å². The average Bonchev–Trinajstić information content (AvgIpc) is 2.86. The van der Waals surface area contributed by atoms with Crippen molar-refractivity contribution in [1.82, 2.24) is 10.2 Å². The minimum atomic E-state index is -0.0471. The molecule has 3 aromatic rings. The van der Waals surface area contributed by atoms with Crippen LogP contribution < -0.4 is 10.1 Å². The van der Waals surface area contributed by atoms with Gasteiger partial charge in [0.05, 0.1) is 12.7 Å². The summed E-state index contributed by atoms with van der Waals surface area (Å²) in [5, 5.41) is 3.20. The van der Waals surface area contributed by atoms with Gasteiger partial charge in [0.2, 0.25) is 0 Å². The van der Waals surface area contributed by atoms with Gasteiger partial charge in [-0.3, -0.25) is 4.79 Å². The fourth-order valence-electron chi connectivity index (χ4n) is 4.60. The van der Waals surface area contributed by atoms with Gasteiger partial charge >= 0.3 is 0 Å². The first-order valence-electron chi connectivity index (χ1n) is 11.5. The van der Waals surface area contributed by atoms with Crippen molar-refractivity contribution in [2.24, 2.45) is 0 Å². The molecule has 0 aliphatic carbocycles. The lowest BCUT2D eigenvalue weighted by atomic mass is 9.88. The van der Waals surface area contributed by atoms with E-state index < -0.39 is 0 Å². The maximum absolute atomic E-state index is 12.7. The number of amides is 1. The minimum absolute atomic E-state index is 0.0471. The lowest BCUT2D eigenvalue weighted by Crippen LogP contribution is -2.45. The molecule has 0 spiro atoms. The molecule has 4 nitrogen and oxygen atoms in total. The number of piperidine rings is 1. The number of methoxy groups -OCH3 is 1. The second-order valence-corrected chi connectivity index (χ2v) is 8.45. The van der Waals surface area contributed by atoms with Gasteiger partial charge in [0, 0.05) is 25.0 Å². The molecule has 1 amide bonds. The third kappa shape index (κ3) is 5.57. The highest BCUT2D eigenvalue weighted by Gasteiger charge is 2.23. The van der Waals surface area contributed by atoms with Gasteiger partial charge < -0.3 is 15.0 Å². The highest BCUT2D eigenvalue weighted by Crippen LogP contribution is 2.28. The third-order valence-corrected chi connectivity index (χ3v) is 6.41. The molecule has 0 aromatic heterocycles. The van der Waals surface area contributed by atoms with Crippen molar-refractivity contribution in [1.29, 1.82) is 0 Å². The van der Waals surface area contributed by atoms with E-state index in [1.807, 2.05) is 24.3 Å². The van der Waals surface area contributed by atoms with Crippen LogP contribution in [0.4, 0.5) is 0 Å². The molecule has 0 bridgehead atoms. The van der Waals surface area contributed by atoms with Crippen LogP contribution in [0.15, 0.2) is 84.9 Å². The van der Waals surface area contributed by atoms with Crippen molar-refractivity contribution in [3.8, 4) is 5.75 Å². The minimum Gasteiger partial charge on any atom is -0.496 e. The zero-order valence-corrected chi connectivity index (χ0v) is 18.7. The Labute approximate surface area is 191 Å². The first kappa shape index (κ1) is 22.1. The predicted octanol–water partition coefficient (Wildman–Crippen LogP) is 5.11. The molecule has 32 heavy (non-hydrogen) atoms. The molecule has 1 fully saturated rings. The van der Waals surface area contributed by atoms with E-state index in [1.54, 1.807) is 7.11 Å². The first-order chi connectivity index (χ1) is 15.7. The van der Waals surface area contributed by atoms with Crippen molar-refractivity contribution >= 4 is 5.91 Å². The van der Waals surface area contributed by atoms with Crippen LogP contribution >= 0.6 is 0 Å². The summed E-state index contributed by atoms with van der Waals surface area (Å²) in [6.45, 7) is 3.07. The molecule has 4 rings (SSSR count). The topological polar surface area (TPSA) is 41.6 Å². The number of carbonyl (C=O) groups is 1. The lowest BCUT2D eigenvalue weighted by molar-refractivity contribution is 0.0907. The molecule has 1 aliphatic heterocycles. The van der Waals surface area contributed by atoms with Crippen molar-refractivity contribution in [3.05, 3.63) is 102 Å². The van der Waals surface area contributed by atoms with Crippen LogP contribution in [-0.2, 0) is 0 Å². The molecule has 1 heterocycles. The molecule has 4 heteroatoms. The molecular weight excluding hydrogens is 396 g/mol. The van der Waals surface area contributed by atoms with Crippen molar-refractivity contribution in [2.75, 3.05) is 26.7 Å². The van der Waals surface area contributed by atoms with Crippen LogP contribution in [0.1, 0.15) is 46.7 Å². The maximum atomic E-state index is 12.7. The zero-order valence-electron chi connectivity index (χ0n) is 18.7. The maximum Gasteiger partial charge on any atom is 0.255 e. The van der Waals surface area contributed by atoms with E-state index in [2.05, 4.69) is 70.9 Å². The Bertz CT molecular complexity index is 943. The summed E-state index contributed by atoms with van der Waals surface area (Å²) in [6.07, 6.45) is 3.04. The summed E-state index contributed by atoms with van der Waals surface area (Å²) >= 11 is 0. The van der Waals surface area contributed by atoms with Gasteiger partial charge in [-0.05, 0) is 49.1 Å². The Hall–Kier alpha value is -3.11. The van der Waals surface area contributed by atoms with Crippen molar-refractivity contribution in [3.63, 3.8) is 0 Å². The molecule has 0 saturated carbocycles. The highest BCUT2D eigenvalue weighted by molar-refractivity contribution is 5.97. The van der Waals surface area contributed by atoms with Crippen LogP contribution in [0.3, 0.4) is 0 Å². The summed E-state index contributed by atoms with van der Waals surface area (Å²) in [4.78, 5) is 15.2. The predicted molar refractivity (Wildman–Crippen MR) is 129 cm³/mol. The van der Waals surface area contributed by atoms with Gasteiger partial charge in [-0.2, -0.15) is 0 Å². The van der Waals surface area contributed by atoms with E-state index in [9.17, 15) is 4.79 Å². The number of nitrogens with zero attached hydrogens (tertiary/aromatic N) is 1. The smallest absolute Gasteiger partial charge is 0.255 e. The van der Waals surface area contributed by atoms with E-state index in [0.717, 1.165) is 38.9 Å². The molecular formula is C28H32N2O2. The third-order valence-electron chi connectivity index (χ3n) is 6.41. The molecule has 1 aliphatic rings.